The van der Waals surface area contributed by atoms with Crippen molar-refractivity contribution in [3.63, 3.8) is 0 Å². The zero-order valence-corrected chi connectivity index (χ0v) is 9.14. The van der Waals surface area contributed by atoms with Gasteiger partial charge in [-0.25, -0.2) is 9.79 Å². The van der Waals surface area contributed by atoms with Crippen LogP contribution < -0.4 is 0 Å². The molecule has 0 saturated carbocycles. The van der Waals surface area contributed by atoms with Gasteiger partial charge in [0.25, 0.3) is 0 Å². The van der Waals surface area contributed by atoms with Gasteiger partial charge in [-0.2, -0.15) is 0 Å². The molecule has 0 saturated heterocycles. The van der Waals surface area contributed by atoms with Gasteiger partial charge in [-0.05, 0) is 19.1 Å². The van der Waals surface area contributed by atoms with Crippen molar-refractivity contribution in [3.8, 4) is 5.75 Å². The number of esters is 1. The van der Waals surface area contributed by atoms with Crippen LogP contribution in [-0.4, -0.2) is 31.2 Å². The summed E-state index contributed by atoms with van der Waals surface area (Å²) in [5, 5.41) is 9.53. The molecular weight excluding hydrogens is 210 g/mol. The second-order valence-electron chi connectivity index (χ2n) is 2.88. The lowest BCUT2D eigenvalue weighted by atomic mass is 10.2. The van der Waals surface area contributed by atoms with Crippen molar-refractivity contribution in [3.05, 3.63) is 23.8 Å². The maximum absolute atomic E-state index is 11.2. The van der Waals surface area contributed by atoms with E-state index >= 15 is 0 Å². The Hall–Kier alpha value is -2.04. The Labute approximate surface area is 93.3 Å². The summed E-state index contributed by atoms with van der Waals surface area (Å²) < 4.78 is 9.40. The SMILES string of the molecule is CCOC=Nc1ccc(C(=O)OC)c(O)c1. The maximum Gasteiger partial charge on any atom is 0.341 e. The van der Waals surface area contributed by atoms with Crippen molar-refractivity contribution in [2.24, 2.45) is 4.99 Å². The fourth-order valence-electron chi connectivity index (χ4n) is 1.06. The molecule has 0 unspecified atom stereocenters. The van der Waals surface area contributed by atoms with Crippen molar-refractivity contribution < 1.29 is 19.4 Å². The van der Waals surface area contributed by atoms with Crippen LogP contribution in [0.4, 0.5) is 5.69 Å². The van der Waals surface area contributed by atoms with Crippen molar-refractivity contribution in [2.75, 3.05) is 13.7 Å². The summed E-state index contributed by atoms with van der Waals surface area (Å²) in [5.74, 6) is -0.754. The van der Waals surface area contributed by atoms with Gasteiger partial charge >= 0.3 is 5.97 Å². The number of aromatic hydroxyl groups is 1. The van der Waals surface area contributed by atoms with E-state index in [2.05, 4.69) is 9.73 Å². The van der Waals surface area contributed by atoms with E-state index in [0.29, 0.717) is 12.3 Å². The number of methoxy groups -OCH3 is 1. The van der Waals surface area contributed by atoms with E-state index in [0.717, 1.165) is 0 Å². The Morgan fingerprint density at radius 1 is 1.56 bits per heavy atom. The lowest BCUT2D eigenvalue weighted by Gasteiger charge is -2.02. The van der Waals surface area contributed by atoms with Crippen LogP contribution in [0.15, 0.2) is 23.2 Å². The summed E-state index contributed by atoms with van der Waals surface area (Å²) in [4.78, 5) is 15.1. The molecule has 1 rings (SSSR count). The quantitative estimate of drug-likeness (QED) is 0.480. The minimum absolute atomic E-state index is 0.109. The Kier molecular flexibility index (Phi) is 4.32. The molecule has 0 bridgehead atoms. The highest BCUT2D eigenvalue weighted by Crippen LogP contribution is 2.24. The van der Waals surface area contributed by atoms with Crippen LogP contribution in [0, 0.1) is 0 Å². The summed E-state index contributed by atoms with van der Waals surface area (Å²) in [6, 6.07) is 4.39. The molecule has 1 aromatic rings. The molecule has 0 heterocycles. The highest BCUT2D eigenvalue weighted by molar-refractivity contribution is 5.92. The van der Waals surface area contributed by atoms with Crippen LogP contribution in [0.3, 0.4) is 0 Å². The molecule has 86 valence electrons. The fourth-order valence-corrected chi connectivity index (χ4v) is 1.06. The minimum atomic E-state index is -0.585. The first-order valence-corrected chi connectivity index (χ1v) is 4.74. The fraction of sp³-hybridized carbons (Fsp3) is 0.273. The molecular formula is C11H13NO4. The monoisotopic (exact) mass is 223 g/mol. The first-order valence-electron chi connectivity index (χ1n) is 4.74. The number of ether oxygens (including phenoxy) is 2. The molecule has 0 fully saturated rings. The third kappa shape index (κ3) is 2.98. The molecule has 0 radical (unpaired) electrons. The summed E-state index contributed by atoms with van der Waals surface area (Å²) in [7, 11) is 1.25. The number of benzene rings is 1. The van der Waals surface area contributed by atoms with Crippen LogP contribution in [0.5, 0.6) is 5.75 Å². The van der Waals surface area contributed by atoms with Gasteiger partial charge in [0.15, 0.2) is 6.40 Å². The first kappa shape index (κ1) is 12.0. The Morgan fingerprint density at radius 3 is 2.88 bits per heavy atom. The average molecular weight is 223 g/mol. The number of carbonyl (C=O) groups is 1. The van der Waals surface area contributed by atoms with Crippen LogP contribution in [0.2, 0.25) is 0 Å². The normalized spacial score (nSPS) is 10.4. The molecule has 0 atom stereocenters. The van der Waals surface area contributed by atoms with Gasteiger partial charge in [0.1, 0.15) is 11.3 Å². The summed E-state index contributed by atoms with van der Waals surface area (Å²) >= 11 is 0. The number of phenolic OH excluding ortho intramolecular Hbond substituents is 1. The first-order chi connectivity index (χ1) is 7.69. The molecule has 1 N–H and O–H groups in total. The van der Waals surface area contributed by atoms with Gasteiger partial charge in [-0.15, -0.1) is 0 Å². The second-order valence-corrected chi connectivity index (χ2v) is 2.88. The molecule has 0 amide bonds. The van der Waals surface area contributed by atoms with Crippen LogP contribution >= 0.6 is 0 Å². The van der Waals surface area contributed by atoms with E-state index in [1.165, 1.54) is 25.6 Å². The van der Waals surface area contributed by atoms with E-state index in [1.807, 2.05) is 6.92 Å². The number of nitrogens with zero attached hydrogens (tertiary/aromatic N) is 1. The smallest absolute Gasteiger partial charge is 0.341 e. The minimum Gasteiger partial charge on any atom is -0.507 e. The van der Waals surface area contributed by atoms with Crippen LogP contribution in [-0.2, 0) is 9.47 Å². The number of aliphatic imine (C=N–C) groups is 1. The van der Waals surface area contributed by atoms with E-state index in [4.69, 9.17) is 4.74 Å². The van der Waals surface area contributed by atoms with Gasteiger partial charge < -0.3 is 14.6 Å². The molecule has 0 aromatic heterocycles. The average Bonchev–Trinajstić information content (AvgIpc) is 2.29. The Morgan fingerprint density at radius 2 is 2.31 bits per heavy atom. The third-order valence-electron chi connectivity index (χ3n) is 1.83. The predicted octanol–water partition coefficient (Wildman–Crippen LogP) is 1.88. The van der Waals surface area contributed by atoms with Crippen LogP contribution in [0.25, 0.3) is 0 Å². The van der Waals surface area contributed by atoms with Gasteiger partial charge in [-0.3, -0.25) is 0 Å². The zero-order chi connectivity index (χ0) is 12.0. The molecule has 16 heavy (non-hydrogen) atoms. The standard InChI is InChI=1S/C11H13NO4/c1-3-16-7-12-8-4-5-9(10(13)6-8)11(14)15-2/h4-7,13H,3H2,1-2H3. The Bertz CT molecular complexity index is 401. The number of hydrogen-bond acceptors (Lipinski definition) is 5. The van der Waals surface area contributed by atoms with Crippen molar-refractivity contribution >= 4 is 18.1 Å². The van der Waals surface area contributed by atoms with E-state index in [-0.39, 0.29) is 11.3 Å². The molecule has 0 aliphatic carbocycles. The Balaban J connectivity index is 2.86. The third-order valence-corrected chi connectivity index (χ3v) is 1.83. The van der Waals surface area contributed by atoms with Crippen molar-refractivity contribution in [1.29, 1.82) is 0 Å². The summed E-state index contributed by atoms with van der Waals surface area (Å²) in [5.41, 5.74) is 0.608. The molecule has 0 spiro atoms. The highest BCUT2D eigenvalue weighted by atomic mass is 16.5. The molecule has 0 aliphatic heterocycles. The number of phenols is 1. The largest absolute Gasteiger partial charge is 0.507 e. The maximum atomic E-state index is 11.2. The lowest BCUT2D eigenvalue weighted by Crippen LogP contribution is -2.00. The summed E-state index contributed by atoms with van der Waals surface area (Å²) in [6.45, 7) is 2.36. The van der Waals surface area contributed by atoms with Crippen LogP contribution in [0.1, 0.15) is 17.3 Å². The van der Waals surface area contributed by atoms with Gasteiger partial charge in [0, 0.05) is 6.07 Å². The summed E-state index contributed by atoms with van der Waals surface area (Å²) in [6.07, 6.45) is 1.28. The van der Waals surface area contributed by atoms with Gasteiger partial charge in [0.2, 0.25) is 0 Å². The molecule has 5 nitrogen and oxygen atoms in total. The zero-order valence-electron chi connectivity index (χ0n) is 9.14. The van der Waals surface area contributed by atoms with E-state index in [9.17, 15) is 9.90 Å². The lowest BCUT2D eigenvalue weighted by molar-refractivity contribution is 0.0597. The highest BCUT2D eigenvalue weighted by Gasteiger charge is 2.10. The predicted molar refractivity (Wildman–Crippen MR) is 59.2 cm³/mol. The number of hydrogen-bond donors (Lipinski definition) is 1. The van der Waals surface area contributed by atoms with Crippen molar-refractivity contribution in [2.45, 2.75) is 6.92 Å². The molecule has 1 aromatic carbocycles. The number of carbonyl (C=O) groups excluding carboxylic acids is 1. The van der Waals surface area contributed by atoms with E-state index < -0.39 is 5.97 Å². The van der Waals surface area contributed by atoms with Crippen molar-refractivity contribution in [1.82, 2.24) is 0 Å². The van der Waals surface area contributed by atoms with E-state index in [1.54, 1.807) is 6.07 Å². The van der Waals surface area contributed by atoms with Gasteiger partial charge in [-0.1, -0.05) is 0 Å². The number of rotatable bonds is 4. The molecule has 0 aliphatic rings. The van der Waals surface area contributed by atoms with Gasteiger partial charge in [0.05, 0.1) is 19.4 Å². The topological polar surface area (TPSA) is 68.1 Å². The second kappa shape index (κ2) is 5.75. The molecule has 5 heteroatoms.